The van der Waals surface area contributed by atoms with Crippen LogP contribution in [0.5, 0.6) is 0 Å². The number of carbonyl (C=O) groups is 2. The zero-order valence-electron chi connectivity index (χ0n) is 11.1. The number of aliphatic carboxylic acids is 1. The first-order chi connectivity index (χ1) is 8.84. The van der Waals surface area contributed by atoms with Crippen molar-refractivity contribution in [3.05, 3.63) is 0 Å². The van der Waals surface area contributed by atoms with Crippen molar-refractivity contribution in [3.8, 4) is 0 Å². The molecule has 2 N–H and O–H groups in total. The van der Waals surface area contributed by atoms with Gasteiger partial charge in [-0.15, -0.1) is 0 Å². The Labute approximate surface area is 113 Å². The maximum atomic E-state index is 11.8. The van der Waals surface area contributed by atoms with Gasteiger partial charge in [-0.3, -0.25) is 9.59 Å². The summed E-state index contributed by atoms with van der Waals surface area (Å²) >= 11 is 0. The molecule has 0 radical (unpaired) electrons. The maximum Gasteiger partial charge on any atom is 0.306 e. The van der Waals surface area contributed by atoms with E-state index in [4.69, 9.17) is 5.11 Å². The van der Waals surface area contributed by atoms with Gasteiger partial charge in [0.2, 0.25) is 5.91 Å². The van der Waals surface area contributed by atoms with E-state index in [-0.39, 0.29) is 5.75 Å². The summed E-state index contributed by atoms with van der Waals surface area (Å²) < 4.78 is 23.4. The molecule has 0 bridgehead atoms. The van der Waals surface area contributed by atoms with Crippen molar-refractivity contribution in [2.45, 2.75) is 44.3 Å². The van der Waals surface area contributed by atoms with E-state index in [0.29, 0.717) is 32.2 Å². The van der Waals surface area contributed by atoms with E-state index in [2.05, 4.69) is 5.32 Å². The van der Waals surface area contributed by atoms with Crippen LogP contribution >= 0.6 is 0 Å². The molecule has 2 unspecified atom stereocenters. The molecule has 1 saturated heterocycles. The highest BCUT2D eigenvalue weighted by atomic mass is 32.2. The van der Waals surface area contributed by atoms with Gasteiger partial charge in [-0.1, -0.05) is 13.3 Å². The van der Waals surface area contributed by atoms with E-state index in [9.17, 15) is 18.0 Å². The Balaban J connectivity index is 2.33. The number of carboxylic acid groups (broad SMARTS) is 1. The van der Waals surface area contributed by atoms with Crippen LogP contribution in [0.15, 0.2) is 0 Å². The lowest BCUT2D eigenvalue weighted by atomic mass is 10.1. The summed E-state index contributed by atoms with van der Waals surface area (Å²) in [5, 5.41) is 10.4. The third-order valence-electron chi connectivity index (χ3n) is 3.41. The van der Waals surface area contributed by atoms with E-state index in [0.717, 1.165) is 6.42 Å². The molecule has 6 nitrogen and oxygen atoms in total. The van der Waals surface area contributed by atoms with Gasteiger partial charge >= 0.3 is 5.97 Å². The van der Waals surface area contributed by atoms with Crippen LogP contribution in [-0.4, -0.2) is 42.9 Å². The molecule has 0 saturated carbocycles. The summed E-state index contributed by atoms with van der Waals surface area (Å²) in [5.74, 6) is -1.67. The largest absolute Gasteiger partial charge is 0.481 e. The van der Waals surface area contributed by atoms with E-state index < -0.39 is 32.9 Å². The fourth-order valence-corrected chi connectivity index (χ4v) is 3.93. The summed E-state index contributed by atoms with van der Waals surface area (Å²) in [6, 6.07) is 0. The van der Waals surface area contributed by atoms with E-state index in [1.807, 2.05) is 0 Å². The second kappa shape index (κ2) is 6.88. The minimum atomic E-state index is -3.30. The van der Waals surface area contributed by atoms with Crippen LogP contribution in [0.3, 0.4) is 0 Å². The van der Waals surface area contributed by atoms with Crippen LogP contribution < -0.4 is 5.32 Å². The van der Waals surface area contributed by atoms with Crippen LogP contribution in [0.25, 0.3) is 0 Å². The zero-order valence-corrected chi connectivity index (χ0v) is 11.9. The van der Waals surface area contributed by atoms with Crippen molar-refractivity contribution in [2.75, 3.05) is 12.3 Å². The lowest BCUT2D eigenvalue weighted by Gasteiger charge is -2.21. The molecule has 0 spiro atoms. The average molecular weight is 291 g/mol. The normalized spacial score (nSPS) is 23.5. The first-order valence-electron chi connectivity index (χ1n) is 6.56. The van der Waals surface area contributed by atoms with Crippen LogP contribution in [-0.2, 0) is 19.4 Å². The molecule has 0 aromatic rings. The second-order valence-corrected chi connectivity index (χ2v) is 7.33. The fraction of sp³-hybridized carbons (Fsp3) is 0.833. The smallest absolute Gasteiger partial charge is 0.306 e. The fourth-order valence-electron chi connectivity index (χ4n) is 2.11. The minimum Gasteiger partial charge on any atom is -0.481 e. The number of amides is 1. The summed E-state index contributed by atoms with van der Waals surface area (Å²) in [6.07, 6.45) is 2.77. The molecule has 1 amide bonds. The number of hydrogen-bond acceptors (Lipinski definition) is 4. The lowest BCUT2D eigenvalue weighted by molar-refractivity contribution is -0.141. The van der Waals surface area contributed by atoms with Crippen LogP contribution in [0.2, 0.25) is 0 Å². The molecule has 0 aromatic carbocycles. The number of rotatable bonds is 6. The zero-order chi connectivity index (χ0) is 14.5. The monoisotopic (exact) mass is 291 g/mol. The van der Waals surface area contributed by atoms with Gasteiger partial charge < -0.3 is 10.4 Å². The number of nitrogens with one attached hydrogen (secondary N) is 1. The Morgan fingerprint density at radius 1 is 1.37 bits per heavy atom. The third-order valence-corrected chi connectivity index (χ3v) is 5.58. The molecule has 0 aliphatic carbocycles. The topological polar surface area (TPSA) is 101 Å². The predicted octanol–water partition coefficient (Wildman–Crippen LogP) is 0.571. The number of sulfone groups is 1. The maximum absolute atomic E-state index is 11.8. The Bertz CT molecular complexity index is 431. The van der Waals surface area contributed by atoms with Gasteiger partial charge in [-0.2, -0.15) is 0 Å². The second-order valence-electron chi connectivity index (χ2n) is 5.02. The van der Waals surface area contributed by atoms with Gasteiger partial charge in [0.15, 0.2) is 9.84 Å². The minimum absolute atomic E-state index is 0.0845. The van der Waals surface area contributed by atoms with Gasteiger partial charge in [0, 0.05) is 6.54 Å². The van der Waals surface area contributed by atoms with Crippen molar-refractivity contribution in [3.63, 3.8) is 0 Å². The van der Waals surface area contributed by atoms with Gasteiger partial charge in [0.25, 0.3) is 0 Å². The molecular weight excluding hydrogens is 270 g/mol. The quantitative estimate of drug-likeness (QED) is 0.697. The van der Waals surface area contributed by atoms with Gasteiger partial charge in [-0.05, 0) is 25.7 Å². The molecule has 2 atom stereocenters. The Morgan fingerprint density at radius 2 is 2.05 bits per heavy atom. The van der Waals surface area contributed by atoms with Crippen molar-refractivity contribution < 1.29 is 23.1 Å². The van der Waals surface area contributed by atoms with Crippen LogP contribution in [0.1, 0.15) is 39.0 Å². The SMILES string of the molecule is CC(CCCNC(=O)C1CCCCS1(=O)=O)C(=O)O. The lowest BCUT2D eigenvalue weighted by Crippen LogP contribution is -2.43. The van der Waals surface area contributed by atoms with Gasteiger partial charge in [0.1, 0.15) is 5.25 Å². The summed E-state index contributed by atoms with van der Waals surface area (Å²) in [6.45, 7) is 1.93. The number of hydrogen-bond donors (Lipinski definition) is 2. The molecule has 1 aliphatic rings. The van der Waals surface area contributed by atoms with Crippen LogP contribution in [0.4, 0.5) is 0 Å². The highest BCUT2D eigenvalue weighted by Crippen LogP contribution is 2.19. The molecule has 1 fully saturated rings. The Morgan fingerprint density at radius 3 is 2.63 bits per heavy atom. The molecule has 1 aliphatic heterocycles. The molecule has 1 heterocycles. The Hall–Kier alpha value is -1.11. The highest BCUT2D eigenvalue weighted by molar-refractivity contribution is 7.92. The molecule has 19 heavy (non-hydrogen) atoms. The highest BCUT2D eigenvalue weighted by Gasteiger charge is 2.34. The standard InChI is InChI=1S/C12H21NO5S/c1-9(12(15)16)5-4-7-13-11(14)10-6-2-3-8-19(10,17)18/h9-10H,2-8H2,1H3,(H,13,14)(H,15,16). The summed E-state index contributed by atoms with van der Waals surface area (Å²) in [5.41, 5.74) is 0. The average Bonchev–Trinajstić information content (AvgIpc) is 2.33. The van der Waals surface area contributed by atoms with Crippen LogP contribution in [0, 0.1) is 5.92 Å². The third kappa shape index (κ3) is 4.81. The van der Waals surface area contributed by atoms with Gasteiger partial charge in [-0.25, -0.2) is 8.42 Å². The molecule has 7 heteroatoms. The first kappa shape index (κ1) is 15.9. The first-order valence-corrected chi connectivity index (χ1v) is 8.28. The van der Waals surface area contributed by atoms with Crippen molar-refractivity contribution in [2.24, 2.45) is 5.92 Å². The van der Waals surface area contributed by atoms with Crippen molar-refractivity contribution in [1.29, 1.82) is 0 Å². The van der Waals surface area contributed by atoms with Gasteiger partial charge in [0.05, 0.1) is 11.7 Å². The van der Waals surface area contributed by atoms with Crippen molar-refractivity contribution >= 4 is 21.7 Å². The molecule has 1 rings (SSSR count). The summed E-state index contributed by atoms with van der Waals surface area (Å²) in [4.78, 5) is 22.4. The molecule has 110 valence electrons. The van der Waals surface area contributed by atoms with E-state index in [1.165, 1.54) is 0 Å². The molecule has 0 aromatic heterocycles. The van der Waals surface area contributed by atoms with E-state index >= 15 is 0 Å². The van der Waals surface area contributed by atoms with E-state index in [1.54, 1.807) is 6.92 Å². The van der Waals surface area contributed by atoms with Crippen molar-refractivity contribution in [1.82, 2.24) is 5.32 Å². The molecular formula is C12H21NO5S. The number of carboxylic acids is 1. The predicted molar refractivity (Wildman–Crippen MR) is 70.5 cm³/mol. The number of carbonyl (C=O) groups excluding carboxylic acids is 1. The summed E-state index contributed by atoms with van der Waals surface area (Å²) in [7, 11) is -3.30. The Kier molecular flexibility index (Phi) is 5.78.